The van der Waals surface area contributed by atoms with E-state index in [9.17, 15) is 18.0 Å². The first-order chi connectivity index (χ1) is 6.04. The van der Waals surface area contributed by atoms with Crippen molar-refractivity contribution in [3.8, 4) is 0 Å². The molecule has 0 N–H and O–H groups in total. The Hall–Kier alpha value is -0.740. The molecule has 0 saturated carbocycles. The zero-order chi connectivity index (χ0) is 11.6. The second-order valence-electron chi connectivity index (χ2n) is 4.31. The van der Waals surface area contributed by atoms with Crippen LogP contribution < -0.4 is 0 Å². The van der Waals surface area contributed by atoms with Gasteiger partial charge in [-0.15, -0.1) is 0 Å². The van der Waals surface area contributed by atoms with Gasteiger partial charge in [0.05, 0.1) is 5.92 Å². The van der Waals surface area contributed by atoms with Crippen LogP contribution in [0.3, 0.4) is 0 Å². The third-order valence-electron chi connectivity index (χ3n) is 2.03. The lowest BCUT2D eigenvalue weighted by Gasteiger charge is -2.25. The van der Waals surface area contributed by atoms with Gasteiger partial charge in [0.15, 0.2) is 6.61 Å². The fourth-order valence-electron chi connectivity index (χ4n) is 0.632. The molecule has 0 bridgehead atoms. The summed E-state index contributed by atoms with van der Waals surface area (Å²) in [5, 5.41) is 0. The molecule has 0 spiro atoms. The van der Waals surface area contributed by atoms with Crippen molar-refractivity contribution in [2.45, 2.75) is 33.9 Å². The summed E-state index contributed by atoms with van der Waals surface area (Å²) >= 11 is 0. The topological polar surface area (TPSA) is 26.3 Å². The maximum Gasteiger partial charge on any atom is 0.422 e. The van der Waals surface area contributed by atoms with Crippen LogP contribution in [-0.2, 0) is 9.53 Å². The van der Waals surface area contributed by atoms with E-state index in [1.165, 1.54) is 0 Å². The van der Waals surface area contributed by atoms with Crippen LogP contribution in [0.5, 0.6) is 0 Å². The maximum absolute atomic E-state index is 11.7. The quantitative estimate of drug-likeness (QED) is 0.658. The molecule has 0 aromatic carbocycles. The summed E-state index contributed by atoms with van der Waals surface area (Å²) in [5.41, 5.74) is -0.386. The van der Waals surface area contributed by atoms with E-state index in [1.807, 2.05) is 0 Å². The van der Waals surface area contributed by atoms with Crippen molar-refractivity contribution in [2.75, 3.05) is 6.61 Å². The molecule has 0 aliphatic carbocycles. The highest BCUT2D eigenvalue weighted by molar-refractivity contribution is 5.72. The van der Waals surface area contributed by atoms with Gasteiger partial charge in [-0.25, -0.2) is 0 Å². The van der Waals surface area contributed by atoms with Crippen molar-refractivity contribution in [3.05, 3.63) is 0 Å². The molecule has 0 aliphatic rings. The highest BCUT2D eigenvalue weighted by Gasteiger charge is 2.33. The smallest absolute Gasteiger partial charge is 0.422 e. The van der Waals surface area contributed by atoms with E-state index in [1.54, 1.807) is 27.7 Å². The molecule has 5 heteroatoms. The van der Waals surface area contributed by atoms with Gasteiger partial charge in [0.25, 0.3) is 0 Å². The summed E-state index contributed by atoms with van der Waals surface area (Å²) in [7, 11) is 0. The fourth-order valence-corrected chi connectivity index (χ4v) is 0.632. The van der Waals surface area contributed by atoms with Crippen molar-refractivity contribution in [1.29, 1.82) is 0 Å². The zero-order valence-electron chi connectivity index (χ0n) is 8.73. The Morgan fingerprint density at radius 2 is 1.71 bits per heavy atom. The molecule has 0 rings (SSSR count). The summed E-state index contributed by atoms with van der Waals surface area (Å²) in [6, 6.07) is 0. The summed E-state index contributed by atoms with van der Waals surface area (Å²) in [5.74, 6) is -1.36. The molecule has 0 radical (unpaired) electrons. The fraction of sp³-hybridized carbons (Fsp3) is 0.889. The number of rotatable bonds is 2. The SMILES string of the molecule is CC(C(=O)OCC(F)(F)F)C(C)(C)C. The lowest BCUT2D eigenvalue weighted by Crippen LogP contribution is -2.30. The average molecular weight is 212 g/mol. The number of carbonyl (C=O) groups excluding carboxylic acids is 1. The van der Waals surface area contributed by atoms with Gasteiger partial charge >= 0.3 is 12.1 Å². The Bertz CT molecular complexity index is 203. The Labute approximate surface area is 81.4 Å². The number of halogens is 3. The van der Waals surface area contributed by atoms with E-state index in [0.717, 1.165) is 0 Å². The minimum Gasteiger partial charge on any atom is -0.456 e. The third-order valence-corrected chi connectivity index (χ3v) is 2.03. The standard InChI is InChI=1S/C9H15F3O2/c1-6(8(2,3)4)7(13)14-5-9(10,11)12/h6H,5H2,1-4H3. The van der Waals surface area contributed by atoms with Gasteiger partial charge in [0.2, 0.25) is 0 Å². The monoisotopic (exact) mass is 212 g/mol. The van der Waals surface area contributed by atoms with E-state index < -0.39 is 24.7 Å². The van der Waals surface area contributed by atoms with Crippen LogP contribution in [0.25, 0.3) is 0 Å². The maximum atomic E-state index is 11.7. The van der Waals surface area contributed by atoms with Gasteiger partial charge in [-0.1, -0.05) is 27.7 Å². The summed E-state index contributed by atoms with van der Waals surface area (Å²) in [6.45, 7) is 5.36. The average Bonchev–Trinajstić information content (AvgIpc) is 1.95. The van der Waals surface area contributed by atoms with Crippen LogP contribution in [0.1, 0.15) is 27.7 Å². The number of esters is 1. The molecule has 84 valence electrons. The van der Waals surface area contributed by atoms with Gasteiger partial charge in [-0.2, -0.15) is 13.2 Å². The van der Waals surface area contributed by atoms with Crippen molar-refractivity contribution < 1.29 is 22.7 Å². The number of ether oxygens (including phenoxy) is 1. The zero-order valence-corrected chi connectivity index (χ0v) is 8.73. The van der Waals surface area contributed by atoms with Crippen molar-refractivity contribution >= 4 is 5.97 Å². The lowest BCUT2D eigenvalue weighted by atomic mass is 9.82. The van der Waals surface area contributed by atoms with Gasteiger partial charge in [0.1, 0.15) is 0 Å². The van der Waals surface area contributed by atoms with E-state index in [-0.39, 0.29) is 5.41 Å². The first-order valence-corrected chi connectivity index (χ1v) is 4.27. The van der Waals surface area contributed by atoms with E-state index in [4.69, 9.17) is 0 Å². The second kappa shape index (κ2) is 4.19. The Balaban J connectivity index is 4.11. The number of carbonyl (C=O) groups is 1. The number of alkyl halides is 3. The molecule has 0 amide bonds. The van der Waals surface area contributed by atoms with Crippen LogP contribution in [0.2, 0.25) is 0 Å². The Morgan fingerprint density at radius 3 is 2.00 bits per heavy atom. The number of hydrogen-bond donors (Lipinski definition) is 0. The molecule has 0 aromatic rings. The van der Waals surface area contributed by atoms with Crippen LogP contribution >= 0.6 is 0 Å². The second-order valence-corrected chi connectivity index (χ2v) is 4.31. The van der Waals surface area contributed by atoms with Crippen LogP contribution in [0.4, 0.5) is 13.2 Å². The summed E-state index contributed by atoms with van der Waals surface area (Å²) in [6.07, 6.45) is -4.45. The lowest BCUT2D eigenvalue weighted by molar-refractivity contribution is -0.190. The molecular weight excluding hydrogens is 197 g/mol. The molecular formula is C9H15F3O2. The predicted octanol–water partition coefficient (Wildman–Crippen LogP) is 2.77. The molecule has 14 heavy (non-hydrogen) atoms. The van der Waals surface area contributed by atoms with E-state index in [0.29, 0.717) is 0 Å². The third kappa shape index (κ3) is 5.09. The first kappa shape index (κ1) is 13.3. The van der Waals surface area contributed by atoms with Gasteiger partial charge < -0.3 is 4.74 Å². The summed E-state index contributed by atoms with van der Waals surface area (Å²) < 4.78 is 39.2. The van der Waals surface area contributed by atoms with Gasteiger partial charge in [0, 0.05) is 0 Å². The molecule has 0 aromatic heterocycles. The first-order valence-electron chi connectivity index (χ1n) is 4.27. The van der Waals surface area contributed by atoms with E-state index in [2.05, 4.69) is 4.74 Å². The van der Waals surface area contributed by atoms with Crippen LogP contribution in [0.15, 0.2) is 0 Å². The molecule has 2 nitrogen and oxygen atoms in total. The molecule has 1 atom stereocenters. The summed E-state index contributed by atoms with van der Waals surface area (Å²) in [4.78, 5) is 11.1. The molecule has 0 saturated heterocycles. The van der Waals surface area contributed by atoms with Crippen LogP contribution in [0, 0.1) is 11.3 Å². The Kier molecular flexibility index (Phi) is 3.97. The van der Waals surface area contributed by atoms with Crippen LogP contribution in [-0.4, -0.2) is 18.8 Å². The Morgan fingerprint density at radius 1 is 1.29 bits per heavy atom. The normalized spacial score (nSPS) is 15.1. The minimum absolute atomic E-state index is 0.386. The minimum atomic E-state index is -4.45. The highest BCUT2D eigenvalue weighted by atomic mass is 19.4. The van der Waals surface area contributed by atoms with E-state index >= 15 is 0 Å². The van der Waals surface area contributed by atoms with Crippen molar-refractivity contribution in [1.82, 2.24) is 0 Å². The van der Waals surface area contributed by atoms with Gasteiger partial charge in [-0.3, -0.25) is 4.79 Å². The van der Waals surface area contributed by atoms with Crippen molar-refractivity contribution in [2.24, 2.45) is 11.3 Å². The van der Waals surface area contributed by atoms with Gasteiger partial charge in [-0.05, 0) is 5.41 Å². The number of hydrogen-bond acceptors (Lipinski definition) is 2. The predicted molar refractivity (Wildman–Crippen MR) is 45.6 cm³/mol. The molecule has 1 unspecified atom stereocenters. The highest BCUT2D eigenvalue weighted by Crippen LogP contribution is 2.27. The molecule has 0 fully saturated rings. The van der Waals surface area contributed by atoms with Crippen molar-refractivity contribution in [3.63, 3.8) is 0 Å². The molecule has 0 heterocycles. The molecule has 0 aliphatic heterocycles. The largest absolute Gasteiger partial charge is 0.456 e.